The van der Waals surface area contributed by atoms with E-state index in [9.17, 15) is 0 Å². The second-order valence-electron chi connectivity index (χ2n) is 2.05. The molecule has 1 aromatic rings. The first-order valence-electron chi connectivity index (χ1n) is 3.46. The highest BCUT2D eigenvalue weighted by Gasteiger charge is 2.02. The van der Waals surface area contributed by atoms with Crippen molar-refractivity contribution in [2.45, 2.75) is 13.3 Å². The van der Waals surface area contributed by atoms with Crippen LogP contribution in [-0.2, 0) is 0 Å². The van der Waals surface area contributed by atoms with Crippen molar-refractivity contribution in [3.63, 3.8) is 0 Å². The predicted molar refractivity (Wildman–Crippen MR) is 49.6 cm³/mol. The molecule has 0 bridgehead atoms. The number of thiocarbonyl (C=S) groups is 1. The van der Waals surface area contributed by atoms with Gasteiger partial charge in [0.25, 0.3) is 0 Å². The van der Waals surface area contributed by atoms with Gasteiger partial charge in [-0.15, -0.1) is 0 Å². The Morgan fingerprint density at radius 2 is 2.42 bits per heavy atom. The first-order chi connectivity index (χ1) is 5.77. The highest BCUT2D eigenvalue weighted by atomic mass is 32.1. The molecule has 3 N–H and O–H groups in total. The molecule has 0 aromatic carbocycles. The molecule has 0 saturated heterocycles. The van der Waals surface area contributed by atoms with Crippen LogP contribution in [0.2, 0.25) is 0 Å². The Bertz CT molecular complexity index is 287. The Labute approximate surface area is 75.4 Å². The summed E-state index contributed by atoms with van der Waals surface area (Å²) in [4.78, 5) is 12.3. The topological polar surface area (TPSA) is 76.7 Å². The lowest BCUT2D eigenvalue weighted by Crippen LogP contribution is -2.13. The SMILES string of the molecule is CCC(=S)c1ncnc(NN)n1. The predicted octanol–water partition coefficient (Wildman–Crippen LogP) is 0.285. The highest BCUT2D eigenvalue weighted by Crippen LogP contribution is 1.99. The molecule has 1 heterocycles. The Balaban J connectivity index is 2.93. The third-order valence-corrected chi connectivity index (χ3v) is 1.74. The van der Waals surface area contributed by atoms with Crippen LogP contribution in [0.15, 0.2) is 6.33 Å². The van der Waals surface area contributed by atoms with Crippen LogP contribution in [0.25, 0.3) is 0 Å². The van der Waals surface area contributed by atoms with Gasteiger partial charge in [-0.1, -0.05) is 19.1 Å². The van der Waals surface area contributed by atoms with Crippen LogP contribution in [0.4, 0.5) is 5.95 Å². The summed E-state index contributed by atoms with van der Waals surface area (Å²) in [5.74, 6) is 5.95. The summed E-state index contributed by atoms with van der Waals surface area (Å²) in [5.41, 5.74) is 2.32. The van der Waals surface area contributed by atoms with Crippen LogP contribution < -0.4 is 11.3 Å². The van der Waals surface area contributed by atoms with Crippen LogP contribution in [0.1, 0.15) is 19.2 Å². The fourth-order valence-corrected chi connectivity index (χ4v) is 0.757. The zero-order valence-electron chi connectivity index (χ0n) is 6.61. The molecular weight excluding hydrogens is 174 g/mol. The van der Waals surface area contributed by atoms with Gasteiger partial charge >= 0.3 is 0 Å². The van der Waals surface area contributed by atoms with Gasteiger partial charge in [0.2, 0.25) is 5.95 Å². The smallest absolute Gasteiger partial charge is 0.240 e. The largest absolute Gasteiger partial charge is 0.292 e. The van der Waals surface area contributed by atoms with Gasteiger partial charge in [-0.25, -0.2) is 15.8 Å². The second kappa shape index (κ2) is 4.03. The first kappa shape index (κ1) is 8.95. The van der Waals surface area contributed by atoms with E-state index in [0.717, 1.165) is 6.42 Å². The maximum atomic E-state index is 5.11. The summed E-state index contributed by atoms with van der Waals surface area (Å²) >= 11 is 5.01. The standard InChI is InChI=1S/C6H9N5S/c1-2-4(12)5-8-3-9-6(10-5)11-7/h3H,2,7H2,1H3,(H,8,9,10,11). The lowest BCUT2D eigenvalue weighted by Gasteiger charge is -2.00. The molecule has 0 unspecified atom stereocenters. The van der Waals surface area contributed by atoms with Crippen molar-refractivity contribution in [2.24, 2.45) is 5.84 Å². The van der Waals surface area contributed by atoms with Crippen LogP contribution in [0.5, 0.6) is 0 Å². The third kappa shape index (κ3) is 1.93. The zero-order chi connectivity index (χ0) is 8.97. The minimum absolute atomic E-state index is 0.329. The van der Waals surface area contributed by atoms with Crippen LogP contribution in [0.3, 0.4) is 0 Å². The van der Waals surface area contributed by atoms with Crippen molar-refractivity contribution in [1.82, 2.24) is 15.0 Å². The number of hydrogen-bond donors (Lipinski definition) is 2. The molecular formula is C6H9N5S. The molecule has 0 aliphatic carbocycles. The van der Waals surface area contributed by atoms with E-state index in [0.29, 0.717) is 16.6 Å². The van der Waals surface area contributed by atoms with Crippen molar-refractivity contribution >= 4 is 23.0 Å². The van der Waals surface area contributed by atoms with Crippen molar-refractivity contribution in [1.29, 1.82) is 0 Å². The summed E-state index contributed by atoms with van der Waals surface area (Å²) in [7, 11) is 0. The van der Waals surface area contributed by atoms with Gasteiger partial charge < -0.3 is 0 Å². The fourth-order valence-electron chi connectivity index (χ4n) is 0.658. The Hall–Kier alpha value is -1.14. The number of aromatic nitrogens is 3. The Morgan fingerprint density at radius 1 is 1.67 bits per heavy atom. The maximum absolute atomic E-state index is 5.11. The molecule has 0 spiro atoms. The number of hydrazine groups is 1. The molecule has 5 nitrogen and oxygen atoms in total. The van der Waals surface area contributed by atoms with E-state index in [2.05, 4.69) is 20.4 Å². The highest BCUT2D eigenvalue weighted by molar-refractivity contribution is 7.80. The molecule has 0 saturated carbocycles. The lowest BCUT2D eigenvalue weighted by molar-refractivity contribution is 1.01. The third-order valence-electron chi connectivity index (χ3n) is 1.27. The number of anilines is 1. The molecule has 0 radical (unpaired) electrons. The van der Waals surface area contributed by atoms with Gasteiger partial charge in [0.1, 0.15) is 6.33 Å². The van der Waals surface area contributed by atoms with Crippen LogP contribution in [-0.4, -0.2) is 19.8 Å². The molecule has 6 heteroatoms. The summed E-state index contributed by atoms with van der Waals surface area (Å²) in [6.07, 6.45) is 2.11. The molecule has 64 valence electrons. The summed E-state index contributed by atoms with van der Waals surface area (Å²) in [6, 6.07) is 0. The van der Waals surface area contributed by atoms with E-state index in [1.54, 1.807) is 0 Å². The molecule has 1 aromatic heterocycles. The summed E-state index contributed by atoms with van der Waals surface area (Å²) < 4.78 is 0. The van der Waals surface area contributed by atoms with Crippen molar-refractivity contribution in [2.75, 3.05) is 5.43 Å². The quantitative estimate of drug-likeness (QED) is 0.303. The average Bonchev–Trinajstić information content (AvgIpc) is 2.17. The molecule has 12 heavy (non-hydrogen) atoms. The van der Waals surface area contributed by atoms with Gasteiger partial charge in [-0.2, -0.15) is 4.98 Å². The molecule has 0 aliphatic rings. The van der Waals surface area contributed by atoms with Crippen LogP contribution in [0, 0.1) is 0 Å². The minimum atomic E-state index is 0.329. The van der Waals surface area contributed by atoms with Crippen molar-refractivity contribution in [3.8, 4) is 0 Å². The number of rotatable bonds is 3. The lowest BCUT2D eigenvalue weighted by atomic mass is 10.3. The number of hydrogen-bond acceptors (Lipinski definition) is 6. The van der Waals surface area contributed by atoms with Gasteiger partial charge in [0, 0.05) is 0 Å². The van der Waals surface area contributed by atoms with E-state index in [-0.39, 0.29) is 0 Å². The molecule has 0 atom stereocenters. The fraction of sp³-hybridized carbons (Fsp3) is 0.333. The number of nitrogen functional groups attached to an aromatic ring is 1. The Morgan fingerprint density at radius 3 is 3.00 bits per heavy atom. The van der Waals surface area contributed by atoms with E-state index in [1.165, 1.54) is 6.33 Å². The molecule has 0 amide bonds. The van der Waals surface area contributed by atoms with Gasteiger partial charge in [-0.3, -0.25) is 5.43 Å². The van der Waals surface area contributed by atoms with Gasteiger partial charge in [-0.05, 0) is 6.42 Å². The van der Waals surface area contributed by atoms with E-state index in [1.807, 2.05) is 6.92 Å². The zero-order valence-corrected chi connectivity index (χ0v) is 7.43. The molecule has 1 rings (SSSR count). The van der Waals surface area contributed by atoms with Crippen LogP contribution >= 0.6 is 12.2 Å². The normalized spacial score (nSPS) is 9.50. The monoisotopic (exact) mass is 183 g/mol. The molecule has 0 aliphatic heterocycles. The summed E-state index contributed by atoms with van der Waals surface area (Å²) in [5, 5.41) is 0. The van der Waals surface area contributed by atoms with Crippen molar-refractivity contribution < 1.29 is 0 Å². The first-order valence-corrected chi connectivity index (χ1v) is 3.87. The van der Waals surface area contributed by atoms with E-state index < -0.39 is 0 Å². The number of nitrogens with one attached hydrogen (secondary N) is 1. The van der Waals surface area contributed by atoms with Crippen molar-refractivity contribution in [3.05, 3.63) is 12.2 Å². The maximum Gasteiger partial charge on any atom is 0.240 e. The van der Waals surface area contributed by atoms with Gasteiger partial charge in [0.15, 0.2) is 5.82 Å². The van der Waals surface area contributed by atoms with Gasteiger partial charge in [0.05, 0.1) is 4.86 Å². The Kier molecular flexibility index (Phi) is 3.01. The average molecular weight is 183 g/mol. The van der Waals surface area contributed by atoms with E-state index >= 15 is 0 Å². The number of nitrogens with two attached hydrogens (primary N) is 1. The van der Waals surface area contributed by atoms with E-state index in [4.69, 9.17) is 18.1 Å². The summed E-state index contributed by atoms with van der Waals surface area (Å²) in [6.45, 7) is 1.95. The number of nitrogens with zero attached hydrogens (tertiary/aromatic N) is 3. The minimum Gasteiger partial charge on any atom is -0.292 e. The second-order valence-corrected chi connectivity index (χ2v) is 2.55. The molecule has 0 fully saturated rings.